The van der Waals surface area contributed by atoms with Gasteiger partial charge < -0.3 is 10.4 Å². The van der Waals surface area contributed by atoms with Gasteiger partial charge in [0.1, 0.15) is 5.82 Å². The number of aliphatic hydroxyl groups excluding tert-OH is 1. The lowest BCUT2D eigenvalue weighted by atomic mass is 10.1. The van der Waals surface area contributed by atoms with Crippen LogP contribution in [-0.4, -0.2) is 24.3 Å². The third-order valence-corrected chi connectivity index (χ3v) is 2.55. The average Bonchev–Trinajstić information content (AvgIpc) is 2.24. The van der Waals surface area contributed by atoms with E-state index in [2.05, 4.69) is 12.2 Å². The van der Waals surface area contributed by atoms with Crippen LogP contribution in [0, 0.1) is 5.82 Å². The largest absolute Gasteiger partial charge is 0.391 e. The Bertz CT molecular complexity index is 333. The summed E-state index contributed by atoms with van der Waals surface area (Å²) in [6, 6.07) is 4.52. The lowest BCUT2D eigenvalue weighted by molar-refractivity contribution is 0.172. The number of hydrogen-bond acceptors (Lipinski definition) is 2. The highest BCUT2D eigenvalue weighted by Crippen LogP contribution is 2.16. The molecule has 0 aliphatic rings. The number of aliphatic hydroxyl groups is 1. The van der Waals surface area contributed by atoms with Crippen molar-refractivity contribution in [2.24, 2.45) is 0 Å². The molecule has 2 nitrogen and oxygen atoms in total. The number of rotatable bonds is 6. The van der Waals surface area contributed by atoms with Gasteiger partial charge in [0.2, 0.25) is 0 Å². The van der Waals surface area contributed by atoms with Crippen LogP contribution in [0.15, 0.2) is 18.2 Å². The zero-order valence-electron chi connectivity index (χ0n) is 9.34. The molecule has 90 valence electrons. The predicted octanol–water partition coefficient (Wildman–Crippen LogP) is 2.38. The van der Waals surface area contributed by atoms with Crippen LogP contribution in [0.4, 0.5) is 4.39 Å². The average molecular weight is 246 g/mol. The maximum absolute atomic E-state index is 12.9. The quantitative estimate of drug-likeness (QED) is 0.755. The maximum Gasteiger partial charge on any atom is 0.141 e. The standard InChI is InChI=1S/C12H17ClFNO/c1-2-5-15-8-10(16)6-9-3-4-12(14)11(13)7-9/h3-4,7,10,15-16H,2,5-6,8H2,1H3. The van der Waals surface area contributed by atoms with Gasteiger partial charge in [-0.05, 0) is 37.1 Å². The summed E-state index contributed by atoms with van der Waals surface area (Å²) in [6.07, 6.45) is 1.05. The molecule has 0 saturated heterocycles. The highest BCUT2D eigenvalue weighted by molar-refractivity contribution is 6.30. The van der Waals surface area contributed by atoms with Crippen LogP contribution in [0.3, 0.4) is 0 Å². The zero-order valence-corrected chi connectivity index (χ0v) is 10.1. The molecule has 2 N–H and O–H groups in total. The van der Waals surface area contributed by atoms with Gasteiger partial charge in [-0.1, -0.05) is 24.6 Å². The van der Waals surface area contributed by atoms with E-state index in [1.807, 2.05) is 0 Å². The normalized spacial score (nSPS) is 12.8. The van der Waals surface area contributed by atoms with E-state index in [9.17, 15) is 9.50 Å². The second kappa shape index (κ2) is 6.84. The van der Waals surface area contributed by atoms with Crippen molar-refractivity contribution >= 4 is 11.6 Å². The molecule has 0 spiro atoms. The van der Waals surface area contributed by atoms with Crippen LogP contribution in [0.1, 0.15) is 18.9 Å². The summed E-state index contributed by atoms with van der Waals surface area (Å²) in [4.78, 5) is 0. The van der Waals surface area contributed by atoms with Crippen molar-refractivity contribution in [3.8, 4) is 0 Å². The number of benzene rings is 1. The highest BCUT2D eigenvalue weighted by Gasteiger charge is 2.07. The van der Waals surface area contributed by atoms with Crippen LogP contribution in [0.2, 0.25) is 5.02 Å². The minimum absolute atomic E-state index is 0.103. The third-order valence-electron chi connectivity index (χ3n) is 2.26. The molecule has 0 aliphatic heterocycles. The molecule has 0 heterocycles. The summed E-state index contributed by atoms with van der Waals surface area (Å²) >= 11 is 5.65. The summed E-state index contributed by atoms with van der Waals surface area (Å²) < 4.78 is 12.9. The monoisotopic (exact) mass is 245 g/mol. The molecule has 16 heavy (non-hydrogen) atoms. The van der Waals surface area contributed by atoms with Gasteiger partial charge in [0.15, 0.2) is 0 Å². The highest BCUT2D eigenvalue weighted by atomic mass is 35.5. The second-order valence-electron chi connectivity index (χ2n) is 3.81. The SMILES string of the molecule is CCCNCC(O)Cc1ccc(F)c(Cl)c1. The first-order chi connectivity index (χ1) is 7.63. The number of hydrogen-bond donors (Lipinski definition) is 2. The van der Waals surface area contributed by atoms with Crippen molar-refractivity contribution in [1.82, 2.24) is 5.32 Å². The summed E-state index contributed by atoms with van der Waals surface area (Å²) in [5.41, 5.74) is 0.845. The molecule has 0 aromatic heterocycles. The van der Waals surface area contributed by atoms with Crippen molar-refractivity contribution in [3.05, 3.63) is 34.6 Å². The Balaban J connectivity index is 2.43. The zero-order chi connectivity index (χ0) is 12.0. The van der Waals surface area contributed by atoms with Gasteiger partial charge in [-0.25, -0.2) is 4.39 Å². The van der Waals surface area contributed by atoms with E-state index in [1.165, 1.54) is 6.07 Å². The van der Waals surface area contributed by atoms with Gasteiger partial charge in [-0.3, -0.25) is 0 Å². The maximum atomic E-state index is 12.9. The fourth-order valence-electron chi connectivity index (χ4n) is 1.46. The Hall–Kier alpha value is -0.640. The lowest BCUT2D eigenvalue weighted by Gasteiger charge is -2.11. The first-order valence-corrected chi connectivity index (χ1v) is 5.84. The first kappa shape index (κ1) is 13.4. The Morgan fingerprint density at radius 2 is 2.25 bits per heavy atom. The van der Waals surface area contributed by atoms with Gasteiger partial charge in [0.05, 0.1) is 11.1 Å². The van der Waals surface area contributed by atoms with E-state index in [0.717, 1.165) is 18.5 Å². The van der Waals surface area contributed by atoms with Gasteiger partial charge in [0, 0.05) is 6.54 Å². The number of halogens is 2. The van der Waals surface area contributed by atoms with Crippen molar-refractivity contribution in [2.45, 2.75) is 25.9 Å². The second-order valence-corrected chi connectivity index (χ2v) is 4.22. The molecule has 0 aliphatic carbocycles. The third kappa shape index (κ3) is 4.47. The molecule has 0 amide bonds. The van der Waals surface area contributed by atoms with Gasteiger partial charge in [-0.2, -0.15) is 0 Å². The van der Waals surface area contributed by atoms with Gasteiger partial charge in [-0.15, -0.1) is 0 Å². The molecule has 0 fully saturated rings. The fourth-order valence-corrected chi connectivity index (χ4v) is 1.66. The van der Waals surface area contributed by atoms with Crippen LogP contribution in [0.5, 0.6) is 0 Å². The summed E-state index contributed by atoms with van der Waals surface area (Å²) in [7, 11) is 0. The molecule has 1 aromatic carbocycles. The molecule has 1 unspecified atom stereocenters. The Morgan fingerprint density at radius 1 is 1.50 bits per heavy atom. The van der Waals surface area contributed by atoms with Crippen molar-refractivity contribution < 1.29 is 9.50 Å². The molecule has 1 rings (SSSR count). The molecular formula is C12H17ClFNO. The summed E-state index contributed by atoms with van der Waals surface area (Å²) in [6.45, 7) is 3.50. The van der Waals surface area contributed by atoms with Crippen LogP contribution in [0.25, 0.3) is 0 Å². The van der Waals surface area contributed by atoms with Crippen molar-refractivity contribution in [3.63, 3.8) is 0 Å². The van der Waals surface area contributed by atoms with E-state index in [0.29, 0.717) is 13.0 Å². The lowest BCUT2D eigenvalue weighted by Crippen LogP contribution is -2.28. The minimum atomic E-state index is -0.465. The van der Waals surface area contributed by atoms with E-state index in [1.54, 1.807) is 12.1 Å². The smallest absolute Gasteiger partial charge is 0.141 e. The Labute approximate surface area is 100 Å². The van der Waals surface area contributed by atoms with Crippen LogP contribution in [-0.2, 0) is 6.42 Å². The molecule has 0 saturated carbocycles. The molecule has 0 radical (unpaired) electrons. The van der Waals surface area contributed by atoms with E-state index in [4.69, 9.17) is 11.6 Å². The van der Waals surface area contributed by atoms with Crippen molar-refractivity contribution in [2.75, 3.05) is 13.1 Å². The van der Waals surface area contributed by atoms with Crippen LogP contribution >= 0.6 is 11.6 Å². The van der Waals surface area contributed by atoms with E-state index < -0.39 is 11.9 Å². The number of nitrogens with one attached hydrogen (secondary N) is 1. The summed E-state index contributed by atoms with van der Waals surface area (Å²) in [5.74, 6) is -0.427. The van der Waals surface area contributed by atoms with Gasteiger partial charge >= 0.3 is 0 Å². The van der Waals surface area contributed by atoms with Gasteiger partial charge in [0.25, 0.3) is 0 Å². The molecular weight excluding hydrogens is 229 g/mol. The van der Waals surface area contributed by atoms with E-state index in [-0.39, 0.29) is 5.02 Å². The predicted molar refractivity (Wildman–Crippen MR) is 64.3 cm³/mol. The topological polar surface area (TPSA) is 32.3 Å². The molecule has 1 atom stereocenters. The Morgan fingerprint density at radius 3 is 2.88 bits per heavy atom. The first-order valence-electron chi connectivity index (χ1n) is 5.46. The fraction of sp³-hybridized carbons (Fsp3) is 0.500. The molecule has 4 heteroatoms. The van der Waals surface area contributed by atoms with Crippen LogP contribution < -0.4 is 5.32 Å². The molecule has 0 bridgehead atoms. The Kier molecular flexibility index (Phi) is 5.74. The minimum Gasteiger partial charge on any atom is -0.391 e. The summed E-state index contributed by atoms with van der Waals surface area (Å²) in [5, 5.41) is 12.9. The molecule has 1 aromatic rings. The van der Waals surface area contributed by atoms with Crippen molar-refractivity contribution in [1.29, 1.82) is 0 Å². The van der Waals surface area contributed by atoms with E-state index >= 15 is 0 Å².